The zero-order valence-corrected chi connectivity index (χ0v) is 19.7. The Morgan fingerprint density at radius 2 is 1.16 bits per heavy atom. The number of benzene rings is 4. The molecule has 0 aliphatic carbocycles. The first-order valence-corrected chi connectivity index (χ1v) is 11.9. The van der Waals surface area contributed by atoms with Crippen LogP contribution in [-0.2, 0) is 0 Å². The van der Waals surface area contributed by atoms with Crippen LogP contribution in [-0.4, -0.2) is 15.8 Å². The number of para-hydroxylation sites is 2. The smallest absolute Gasteiger partial charge is 0.110 e. The maximum Gasteiger partial charge on any atom is 0.110 e. The van der Waals surface area contributed by atoms with Gasteiger partial charge >= 0.3 is 0 Å². The van der Waals surface area contributed by atoms with E-state index in [-0.39, 0.29) is 0 Å². The number of hydrogen-bond acceptors (Lipinski definition) is 3. The van der Waals surface area contributed by atoms with Gasteiger partial charge < -0.3 is 5.32 Å². The monoisotopic (exact) mass is 454 g/mol. The van der Waals surface area contributed by atoms with Crippen molar-refractivity contribution in [2.75, 3.05) is 11.1 Å². The highest BCUT2D eigenvalue weighted by Gasteiger charge is 2.02. The Hall–Kier alpha value is -3.21. The molecule has 0 heterocycles. The van der Waals surface area contributed by atoms with Gasteiger partial charge in [0.15, 0.2) is 0 Å². The summed E-state index contributed by atoms with van der Waals surface area (Å²) in [6.45, 7) is 2.15. The molecule has 4 aromatic rings. The number of anilines is 1. The van der Waals surface area contributed by atoms with Crippen LogP contribution >= 0.6 is 24.0 Å². The molecule has 0 radical (unpaired) electrons. The van der Waals surface area contributed by atoms with Gasteiger partial charge in [0.1, 0.15) is 10.0 Å². The zero-order chi connectivity index (χ0) is 22.4. The van der Waals surface area contributed by atoms with Crippen LogP contribution in [0.4, 0.5) is 11.4 Å². The normalized spacial score (nSPS) is 10.6. The summed E-state index contributed by atoms with van der Waals surface area (Å²) in [6.07, 6.45) is 0. The lowest BCUT2D eigenvalue weighted by atomic mass is 10.2. The van der Waals surface area contributed by atoms with Crippen molar-refractivity contribution in [2.45, 2.75) is 6.92 Å². The van der Waals surface area contributed by atoms with Crippen LogP contribution in [0.1, 0.15) is 18.1 Å². The average Bonchev–Trinajstić information content (AvgIpc) is 2.86. The molecular formula is C28H26N2S2. The Morgan fingerprint density at radius 1 is 0.688 bits per heavy atom. The molecule has 4 rings (SSSR count). The number of hydrogen-bond donors (Lipinski definition) is 1. The van der Waals surface area contributed by atoms with Crippen molar-refractivity contribution in [3.8, 4) is 0 Å². The van der Waals surface area contributed by atoms with Crippen molar-refractivity contribution in [3.63, 3.8) is 0 Å². The first-order chi connectivity index (χ1) is 15.8. The minimum atomic E-state index is 0.752. The second kappa shape index (κ2) is 13.3. The molecule has 0 aromatic heterocycles. The average molecular weight is 455 g/mol. The van der Waals surface area contributed by atoms with Crippen molar-refractivity contribution in [2.24, 2.45) is 4.99 Å². The molecule has 0 amide bonds. The molecular weight excluding hydrogens is 428 g/mol. The summed E-state index contributed by atoms with van der Waals surface area (Å²) in [6, 6.07) is 40.3. The summed E-state index contributed by atoms with van der Waals surface area (Å²) in [5, 5.41) is 4.27. The number of rotatable bonds is 5. The SMILES string of the molecule is CCSC(=Nc1ccccc1)c1ccccc1.S=C(Nc1ccccc1)c1ccccc1. The van der Waals surface area contributed by atoms with Crippen LogP contribution < -0.4 is 5.32 Å². The Labute approximate surface area is 200 Å². The van der Waals surface area contributed by atoms with E-state index in [2.05, 4.69) is 24.4 Å². The Balaban J connectivity index is 0.000000182. The van der Waals surface area contributed by atoms with Gasteiger partial charge in [-0.05, 0) is 30.0 Å². The summed E-state index contributed by atoms with van der Waals surface area (Å²) < 4.78 is 0. The highest BCUT2D eigenvalue weighted by molar-refractivity contribution is 8.14. The standard InChI is InChI=1S/C15H15NS.C13H11NS/c1-2-17-15(13-9-5-3-6-10-13)16-14-11-7-4-8-12-14;15-13(11-7-3-1-4-8-11)14-12-9-5-2-6-10-12/h3-12H,2H2,1H3;1-10H,(H,14,15). The maximum atomic E-state index is 5.29. The number of nitrogens with one attached hydrogen (secondary N) is 1. The van der Waals surface area contributed by atoms with Crippen LogP contribution in [0.3, 0.4) is 0 Å². The van der Waals surface area contributed by atoms with Crippen molar-refractivity contribution >= 4 is 45.4 Å². The molecule has 4 aromatic carbocycles. The third-order valence-electron chi connectivity index (χ3n) is 4.36. The van der Waals surface area contributed by atoms with Crippen LogP contribution in [0.15, 0.2) is 126 Å². The van der Waals surface area contributed by atoms with Gasteiger partial charge in [0, 0.05) is 16.8 Å². The van der Waals surface area contributed by atoms with Gasteiger partial charge in [0.25, 0.3) is 0 Å². The molecule has 2 nitrogen and oxygen atoms in total. The summed E-state index contributed by atoms with van der Waals surface area (Å²) in [5.74, 6) is 1.03. The van der Waals surface area contributed by atoms with Gasteiger partial charge in [-0.2, -0.15) is 0 Å². The fraction of sp³-hybridized carbons (Fsp3) is 0.0714. The Morgan fingerprint density at radius 3 is 1.69 bits per heavy atom. The maximum absolute atomic E-state index is 5.29. The van der Waals surface area contributed by atoms with Crippen LogP contribution in [0.2, 0.25) is 0 Å². The Kier molecular flexibility index (Phi) is 9.72. The van der Waals surface area contributed by atoms with E-state index in [1.807, 2.05) is 109 Å². The molecule has 0 fully saturated rings. The predicted octanol–water partition coefficient (Wildman–Crippen LogP) is 7.99. The lowest BCUT2D eigenvalue weighted by Gasteiger charge is -2.07. The van der Waals surface area contributed by atoms with Gasteiger partial charge in [0.2, 0.25) is 0 Å². The largest absolute Gasteiger partial charge is 0.346 e. The fourth-order valence-electron chi connectivity index (χ4n) is 2.83. The van der Waals surface area contributed by atoms with Gasteiger partial charge in [-0.1, -0.05) is 116 Å². The van der Waals surface area contributed by atoms with Crippen molar-refractivity contribution in [1.82, 2.24) is 0 Å². The summed E-state index contributed by atoms with van der Waals surface area (Å²) in [5.41, 5.74) is 4.25. The summed E-state index contributed by atoms with van der Waals surface area (Å²) in [4.78, 5) is 5.45. The number of thioether (sulfide) groups is 1. The topological polar surface area (TPSA) is 24.4 Å². The lowest BCUT2D eigenvalue weighted by Crippen LogP contribution is -2.09. The molecule has 0 bridgehead atoms. The molecule has 0 aliphatic heterocycles. The van der Waals surface area contributed by atoms with E-state index in [1.165, 1.54) is 5.56 Å². The Bertz CT molecular complexity index is 1100. The van der Waals surface area contributed by atoms with E-state index in [4.69, 9.17) is 17.2 Å². The minimum Gasteiger partial charge on any atom is -0.346 e. The third kappa shape index (κ3) is 7.80. The first kappa shape index (κ1) is 23.5. The van der Waals surface area contributed by atoms with E-state index in [1.54, 1.807) is 11.8 Å². The van der Waals surface area contributed by atoms with Crippen LogP contribution in [0.5, 0.6) is 0 Å². The fourth-order valence-corrected chi connectivity index (χ4v) is 3.83. The second-order valence-corrected chi connectivity index (χ2v) is 8.40. The predicted molar refractivity (Wildman–Crippen MR) is 145 cm³/mol. The van der Waals surface area contributed by atoms with E-state index in [9.17, 15) is 0 Å². The second-order valence-electron chi connectivity index (χ2n) is 6.74. The van der Waals surface area contributed by atoms with Crippen LogP contribution in [0, 0.1) is 0 Å². The minimum absolute atomic E-state index is 0.752. The lowest BCUT2D eigenvalue weighted by molar-refractivity contribution is 1.51. The molecule has 160 valence electrons. The molecule has 1 N–H and O–H groups in total. The molecule has 0 aliphatic rings. The van der Waals surface area contributed by atoms with Crippen molar-refractivity contribution < 1.29 is 0 Å². The van der Waals surface area contributed by atoms with E-state index < -0.39 is 0 Å². The van der Waals surface area contributed by atoms with Gasteiger partial charge in [0.05, 0.1) is 5.69 Å². The van der Waals surface area contributed by atoms with E-state index in [0.29, 0.717) is 0 Å². The molecule has 0 saturated carbocycles. The molecule has 0 unspecified atom stereocenters. The molecule has 32 heavy (non-hydrogen) atoms. The van der Waals surface area contributed by atoms with E-state index >= 15 is 0 Å². The van der Waals surface area contributed by atoms with E-state index in [0.717, 1.165) is 32.7 Å². The highest BCUT2D eigenvalue weighted by atomic mass is 32.2. The summed E-state index contributed by atoms with van der Waals surface area (Å²) in [7, 11) is 0. The summed E-state index contributed by atoms with van der Waals surface area (Å²) >= 11 is 7.07. The highest BCUT2D eigenvalue weighted by Crippen LogP contribution is 2.19. The number of aliphatic imine (C=N–C) groups is 1. The zero-order valence-electron chi connectivity index (χ0n) is 18.0. The van der Waals surface area contributed by atoms with Gasteiger partial charge in [-0.15, -0.1) is 11.8 Å². The van der Waals surface area contributed by atoms with Gasteiger partial charge in [-0.25, -0.2) is 4.99 Å². The molecule has 0 atom stereocenters. The molecule has 0 spiro atoms. The quantitative estimate of drug-likeness (QED) is 0.188. The third-order valence-corrected chi connectivity index (χ3v) is 5.58. The molecule has 4 heteroatoms. The van der Waals surface area contributed by atoms with Gasteiger partial charge in [-0.3, -0.25) is 0 Å². The number of thiocarbonyl (C=S) groups is 1. The van der Waals surface area contributed by atoms with Crippen molar-refractivity contribution in [3.05, 3.63) is 132 Å². The first-order valence-electron chi connectivity index (χ1n) is 10.5. The molecule has 0 saturated heterocycles. The number of nitrogens with zero attached hydrogens (tertiary/aromatic N) is 1. The van der Waals surface area contributed by atoms with Crippen LogP contribution in [0.25, 0.3) is 0 Å². The van der Waals surface area contributed by atoms with Crippen molar-refractivity contribution in [1.29, 1.82) is 0 Å².